The summed E-state index contributed by atoms with van der Waals surface area (Å²) in [7, 11) is 0. The minimum Gasteiger partial charge on any atom is -0.396 e. The quantitative estimate of drug-likeness (QED) is 0.770. The first-order chi connectivity index (χ1) is 9.10. The SMILES string of the molecule is CCNCc1ccc(N(CCCO)C(C)C)c(Cl)c1. The van der Waals surface area contributed by atoms with E-state index in [4.69, 9.17) is 16.7 Å². The van der Waals surface area contributed by atoms with Crippen molar-refractivity contribution in [2.24, 2.45) is 0 Å². The average Bonchev–Trinajstić information content (AvgIpc) is 2.38. The summed E-state index contributed by atoms with van der Waals surface area (Å²) < 4.78 is 0. The van der Waals surface area contributed by atoms with Gasteiger partial charge < -0.3 is 15.3 Å². The third kappa shape index (κ3) is 5.01. The molecule has 0 saturated heterocycles. The Kier molecular flexibility index (Phi) is 7.21. The van der Waals surface area contributed by atoms with Crippen LogP contribution in [0.5, 0.6) is 0 Å². The largest absolute Gasteiger partial charge is 0.396 e. The summed E-state index contributed by atoms with van der Waals surface area (Å²) >= 11 is 6.39. The van der Waals surface area contributed by atoms with Gasteiger partial charge in [0.15, 0.2) is 0 Å². The van der Waals surface area contributed by atoms with Gasteiger partial charge in [0.1, 0.15) is 0 Å². The van der Waals surface area contributed by atoms with E-state index < -0.39 is 0 Å². The molecule has 0 fully saturated rings. The van der Waals surface area contributed by atoms with Crippen LogP contribution >= 0.6 is 11.6 Å². The topological polar surface area (TPSA) is 35.5 Å². The molecule has 0 unspecified atom stereocenters. The van der Waals surface area contributed by atoms with E-state index in [-0.39, 0.29) is 6.61 Å². The maximum absolute atomic E-state index is 8.99. The average molecular weight is 285 g/mol. The molecular weight excluding hydrogens is 260 g/mol. The molecule has 108 valence electrons. The molecule has 2 N–H and O–H groups in total. The maximum atomic E-state index is 8.99. The number of aliphatic hydroxyl groups is 1. The molecule has 0 aliphatic heterocycles. The summed E-state index contributed by atoms with van der Waals surface area (Å²) in [6.07, 6.45) is 0.758. The Hall–Kier alpha value is -0.770. The number of nitrogens with zero attached hydrogens (tertiary/aromatic N) is 1. The first kappa shape index (κ1) is 16.3. The predicted molar refractivity (Wildman–Crippen MR) is 83.0 cm³/mol. The standard InChI is InChI=1S/C15H25ClN2O/c1-4-17-11-13-6-7-15(14(16)10-13)18(12(2)3)8-5-9-19/h6-7,10,12,17,19H,4-5,8-9,11H2,1-3H3. The fourth-order valence-electron chi connectivity index (χ4n) is 2.06. The van der Waals surface area contributed by atoms with Gasteiger partial charge in [-0.25, -0.2) is 0 Å². The molecule has 1 aromatic rings. The lowest BCUT2D eigenvalue weighted by Crippen LogP contribution is -2.32. The summed E-state index contributed by atoms with van der Waals surface area (Å²) in [5, 5.41) is 13.1. The van der Waals surface area contributed by atoms with Gasteiger partial charge in [0.25, 0.3) is 0 Å². The summed E-state index contributed by atoms with van der Waals surface area (Å²) in [5.41, 5.74) is 2.24. The fraction of sp³-hybridized carbons (Fsp3) is 0.600. The number of anilines is 1. The first-order valence-electron chi connectivity index (χ1n) is 6.96. The van der Waals surface area contributed by atoms with Gasteiger partial charge in [-0.2, -0.15) is 0 Å². The molecule has 19 heavy (non-hydrogen) atoms. The molecule has 3 nitrogen and oxygen atoms in total. The highest BCUT2D eigenvalue weighted by molar-refractivity contribution is 6.33. The minimum atomic E-state index is 0.208. The lowest BCUT2D eigenvalue weighted by atomic mass is 10.1. The normalized spacial score (nSPS) is 11.1. The summed E-state index contributed by atoms with van der Waals surface area (Å²) in [6, 6.07) is 6.57. The van der Waals surface area contributed by atoms with E-state index in [1.165, 1.54) is 5.56 Å². The second kappa shape index (κ2) is 8.41. The van der Waals surface area contributed by atoms with Crippen molar-refractivity contribution >= 4 is 17.3 Å². The van der Waals surface area contributed by atoms with E-state index >= 15 is 0 Å². The van der Waals surface area contributed by atoms with Crippen molar-refractivity contribution in [1.82, 2.24) is 5.32 Å². The molecule has 0 aliphatic rings. The summed E-state index contributed by atoms with van der Waals surface area (Å²) in [5.74, 6) is 0. The van der Waals surface area contributed by atoms with E-state index in [1.807, 2.05) is 6.07 Å². The minimum absolute atomic E-state index is 0.208. The summed E-state index contributed by atoms with van der Waals surface area (Å²) in [4.78, 5) is 2.23. The van der Waals surface area contributed by atoms with Gasteiger partial charge in [0.05, 0.1) is 10.7 Å². The fourth-order valence-corrected chi connectivity index (χ4v) is 2.37. The molecule has 0 heterocycles. The second-order valence-corrected chi connectivity index (χ2v) is 5.34. The first-order valence-corrected chi connectivity index (χ1v) is 7.34. The smallest absolute Gasteiger partial charge is 0.0642 e. The Labute approximate surface area is 121 Å². The van der Waals surface area contributed by atoms with Crippen molar-refractivity contribution in [2.45, 2.75) is 39.8 Å². The zero-order valence-electron chi connectivity index (χ0n) is 12.1. The van der Waals surface area contributed by atoms with Crippen LogP contribution in [0.15, 0.2) is 18.2 Å². The van der Waals surface area contributed by atoms with Crippen LogP contribution in [0, 0.1) is 0 Å². The van der Waals surface area contributed by atoms with Gasteiger partial charge in [0.2, 0.25) is 0 Å². The number of hydrogen-bond acceptors (Lipinski definition) is 3. The van der Waals surface area contributed by atoms with Gasteiger partial charge in [0, 0.05) is 25.7 Å². The second-order valence-electron chi connectivity index (χ2n) is 4.93. The predicted octanol–water partition coefficient (Wildman–Crippen LogP) is 3.05. The van der Waals surface area contributed by atoms with Crippen molar-refractivity contribution in [2.75, 3.05) is 24.6 Å². The molecule has 0 spiro atoms. The molecule has 0 aromatic heterocycles. The molecule has 0 radical (unpaired) electrons. The van der Waals surface area contributed by atoms with Crippen molar-refractivity contribution in [3.8, 4) is 0 Å². The third-order valence-corrected chi connectivity index (χ3v) is 3.38. The zero-order chi connectivity index (χ0) is 14.3. The Morgan fingerprint density at radius 3 is 2.63 bits per heavy atom. The van der Waals surface area contributed by atoms with E-state index in [0.717, 1.165) is 36.8 Å². The maximum Gasteiger partial charge on any atom is 0.0642 e. The molecule has 0 bridgehead atoms. The van der Waals surface area contributed by atoms with Gasteiger partial charge in [-0.1, -0.05) is 24.6 Å². The van der Waals surface area contributed by atoms with E-state index in [0.29, 0.717) is 6.04 Å². The molecule has 0 saturated carbocycles. The van der Waals surface area contributed by atoms with Crippen LogP contribution in [0.25, 0.3) is 0 Å². The van der Waals surface area contributed by atoms with E-state index in [2.05, 4.69) is 43.1 Å². The van der Waals surface area contributed by atoms with Crippen LogP contribution in [-0.4, -0.2) is 30.8 Å². The highest BCUT2D eigenvalue weighted by atomic mass is 35.5. The van der Waals surface area contributed by atoms with Crippen LogP contribution in [0.1, 0.15) is 32.8 Å². The van der Waals surface area contributed by atoms with Crippen molar-refractivity contribution in [3.63, 3.8) is 0 Å². The number of aliphatic hydroxyl groups excluding tert-OH is 1. The van der Waals surface area contributed by atoms with Gasteiger partial charge in [-0.15, -0.1) is 0 Å². The molecule has 4 heteroatoms. The zero-order valence-corrected chi connectivity index (χ0v) is 12.9. The Balaban J connectivity index is 2.85. The van der Waals surface area contributed by atoms with Crippen LogP contribution in [0.4, 0.5) is 5.69 Å². The molecule has 0 atom stereocenters. The third-order valence-electron chi connectivity index (χ3n) is 3.08. The van der Waals surface area contributed by atoms with E-state index in [1.54, 1.807) is 0 Å². The number of nitrogens with one attached hydrogen (secondary N) is 1. The monoisotopic (exact) mass is 284 g/mol. The number of hydrogen-bond donors (Lipinski definition) is 2. The van der Waals surface area contributed by atoms with Crippen LogP contribution in [0.3, 0.4) is 0 Å². The van der Waals surface area contributed by atoms with Crippen LogP contribution in [-0.2, 0) is 6.54 Å². The molecule has 1 rings (SSSR count). The molecule has 0 aliphatic carbocycles. The Morgan fingerprint density at radius 1 is 1.37 bits per heavy atom. The molecular formula is C15H25ClN2O. The van der Waals surface area contributed by atoms with Gasteiger partial charge in [-0.05, 0) is 44.5 Å². The number of halogens is 1. The highest BCUT2D eigenvalue weighted by Gasteiger charge is 2.13. The van der Waals surface area contributed by atoms with Gasteiger partial charge >= 0.3 is 0 Å². The molecule has 1 aromatic carbocycles. The van der Waals surface area contributed by atoms with Crippen molar-refractivity contribution in [1.29, 1.82) is 0 Å². The van der Waals surface area contributed by atoms with Crippen molar-refractivity contribution in [3.05, 3.63) is 28.8 Å². The van der Waals surface area contributed by atoms with Crippen molar-refractivity contribution < 1.29 is 5.11 Å². The van der Waals surface area contributed by atoms with Crippen LogP contribution in [0.2, 0.25) is 5.02 Å². The highest BCUT2D eigenvalue weighted by Crippen LogP contribution is 2.28. The Morgan fingerprint density at radius 2 is 2.11 bits per heavy atom. The lowest BCUT2D eigenvalue weighted by molar-refractivity contribution is 0.288. The Bertz CT molecular complexity index is 382. The van der Waals surface area contributed by atoms with E-state index in [9.17, 15) is 0 Å². The number of rotatable bonds is 8. The summed E-state index contributed by atoms with van der Waals surface area (Å²) in [6.45, 7) is 9.19. The molecule has 0 amide bonds. The van der Waals surface area contributed by atoms with Gasteiger partial charge in [-0.3, -0.25) is 0 Å². The lowest BCUT2D eigenvalue weighted by Gasteiger charge is -2.30. The van der Waals surface area contributed by atoms with Crippen LogP contribution < -0.4 is 10.2 Å². The number of benzene rings is 1.